The standard InChI is InChI=1S/C18H21N3O3/c1-13-4-7-15(8-5-13)19-12-18(22)21-20-11-14-6-9-16(23-2)10-17(14)24-3/h4-11,19H,12H2,1-3H3,(H,21,22). The summed E-state index contributed by atoms with van der Waals surface area (Å²) in [5.74, 6) is 1.07. The molecule has 0 saturated carbocycles. The third-order valence-electron chi connectivity index (χ3n) is 3.34. The van der Waals surface area contributed by atoms with Gasteiger partial charge in [-0.15, -0.1) is 0 Å². The lowest BCUT2D eigenvalue weighted by Crippen LogP contribution is -2.25. The molecule has 0 fully saturated rings. The molecular weight excluding hydrogens is 306 g/mol. The van der Waals surface area contributed by atoms with Gasteiger partial charge in [0.15, 0.2) is 0 Å². The average Bonchev–Trinajstić information content (AvgIpc) is 2.61. The van der Waals surface area contributed by atoms with E-state index in [1.807, 2.05) is 31.2 Å². The number of aryl methyl sites for hydroxylation is 1. The van der Waals surface area contributed by atoms with E-state index in [0.29, 0.717) is 11.5 Å². The Kier molecular flexibility index (Phi) is 6.19. The van der Waals surface area contributed by atoms with Crippen LogP contribution in [0.4, 0.5) is 5.69 Å². The number of methoxy groups -OCH3 is 2. The summed E-state index contributed by atoms with van der Waals surface area (Å²) in [6.45, 7) is 2.15. The lowest BCUT2D eigenvalue weighted by molar-refractivity contribution is -0.119. The molecule has 2 rings (SSSR count). The normalized spacial score (nSPS) is 10.5. The lowest BCUT2D eigenvalue weighted by atomic mass is 10.2. The zero-order valence-corrected chi connectivity index (χ0v) is 14.0. The predicted octanol–water partition coefficient (Wildman–Crippen LogP) is 2.57. The number of hydrogen-bond donors (Lipinski definition) is 2. The molecule has 6 heteroatoms. The number of nitrogens with one attached hydrogen (secondary N) is 2. The molecule has 1 amide bonds. The topological polar surface area (TPSA) is 72.0 Å². The molecule has 0 unspecified atom stereocenters. The van der Waals surface area contributed by atoms with Crippen molar-refractivity contribution >= 4 is 17.8 Å². The van der Waals surface area contributed by atoms with Crippen LogP contribution >= 0.6 is 0 Å². The Bertz CT molecular complexity index is 712. The average molecular weight is 327 g/mol. The second-order valence-corrected chi connectivity index (χ2v) is 5.12. The van der Waals surface area contributed by atoms with Crippen LogP contribution in [0.2, 0.25) is 0 Å². The van der Waals surface area contributed by atoms with Gasteiger partial charge >= 0.3 is 0 Å². The van der Waals surface area contributed by atoms with Gasteiger partial charge in [-0.2, -0.15) is 5.10 Å². The molecule has 0 radical (unpaired) electrons. The van der Waals surface area contributed by atoms with E-state index in [9.17, 15) is 4.79 Å². The molecule has 0 spiro atoms. The van der Waals surface area contributed by atoms with Gasteiger partial charge in [-0.1, -0.05) is 17.7 Å². The van der Waals surface area contributed by atoms with Gasteiger partial charge in [0.25, 0.3) is 5.91 Å². The smallest absolute Gasteiger partial charge is 0.259 e. The molecule has 2 aromatic rings. The van der Waals surface area contributed by atoms with E-state index in [4.69, 9.17) is 9.47 Å². The molecule has 2 N–H and O–H groups in total. The first-order chi connectivity index (χ1) is 11.6. The Morgan fingerprint density at radius 3 is 2.54 bits per heavy atom. The number of carbonyl (C=O) groups is 1. The SMILES string of the molecule is COc1ccc(C=NNC(=O)CNc2ccc(C)cc2)c(OC)c1. The molecule has 0 aliphatic carbocycles. The van der Waals surface area contributed by atoms with E-state index >= 15 is 0 Å². The highest BCUT2D eigenvalue weighted by Gasteiger charge is 2.03. The van der Waals surface area contributed by atoms with Crippen LogP contribution in [-0.2, 0) is 4.79 Å². The van der Waals surface area contributed by atoms with Crippen molar-refractivity contribution in [1.29, 1.82) is 0 Å². The fourth-order valence-corrected chi connectivity index (χ4v) is 1.99. The maximum atomic E-state index is 11.8. The Morgan fingerprint density at radius 1 is 1.12 bits per heavy atom. The number of hydrogen-bond acceptors (Lipinski definition) is 5. The molecule has 0 atom stereocenters. The minimum absolute atomic E-state index is 0.139. The fourth-order valence-electron chi connectivity index (χ4n) is 1.99. The molecule has 126 valence electrons. The van der Waals surface area contributed by atoms with E-state index in [2.05, 4.69) is 15.8 Å². The molecule has 24 heavy (non-hydrogen) atoms. The van der Waals surface area contributed by atoms with Gasteiger partial charge in [0.05, 0.1) is 27.0 Å². The van der Waals surface area contributed by atoms with Crippen LogP contribution in [-0.4, -0.2) is 32.9 Å². The highest BCUT2D eigenvalue weighted by atomic mass is 16.5. The molecule has 0 bridgehead atoms. The third-order valence-corrected chi connectivity index (χ3v) is 3.34. The van der Waals surface area contributed by atoms with Crippen LogP contribution in [0.3, 0.4) is 0 Å². The van der Waals surface area contributed by atoms with Gasteiger partial charge < -0.3 is 14.8 Å². The van der Waals surface area contributed by atoms with Crippen LogP contribution in [0, 0.1) is 6.92 Å². The molecule has 6 nitrogen and oxygen atoms in total. The molecule has 0 heterocycles. The molecule has 0 aliphatic rings. The summed E-state index contributed by atoms with van der Waals surface area (Å²) in [4.78, 5) is 11.8. The second-order valence-electron chi connectivity index (χ2n) is 5.12. The van der Waals surface area contributed by atoms with Crippen molar-refractivity contribution in [3.05, 3.63) is 53.6 Å². The van der Waals surface area contributed by atoms with E-state index in [1.165, 1.54) is 11.8 Å². The second kappa shape index (κ2) is 8.57. The first-order valence-electron chi connectivity index (χ1n) is 7.47. The van der Waals surface area contributed by atoms with Crippen molar-refractivity contribution in [3.8, 4) is 11.5 Å². The number of benzene rings is 2. The summed E-state index contributed by atoms with van der Waals surface area (Å²) >= 11 is 0. The number of anilines is 1. The summed E-state index contributed by atoms with van der Waals surface area (Å²) in [5.41, 5.74) is 5.27. The Labute approximate surface area is 141 Å². The molecule has 0 aromatic heterocycles. The van der Waals surface area contributed by atoms with E-state index in [0.717, 1.165) is 11.3 Å². The highest BCUT2D eigenvalue weighted by molar-refractivity contribution is 5.86. The van der Waals surface area contributed by atoms with Gasteiger partial charge in [-0.3, -0.25) is 4.79 Å². The third kappa shape index (κ3) is 5.01. The molecular formula is C18H21N3O3. The van der Waals surface area contributed by atoms with Crippen molar-refractivity contribution in [2.24, 2.45) is 5.10 Å². The number of hydrazone groups is 1. The quantitative estimate of drug-likeness (QED) is 0.606. The fraction of sp³-hybridized carbons (Fsp3) is 0.222. The van der Waals surface area contributed by atoms with Crippen molar-refractivity contribution in [3.63, 3.8) is 0 Å². The number of rotatable bonds is 7. The number of ether oxygens (including phenoxy) is 2. The predicted molar refractivity (Wildman–Crippen MR) is 95.0 cm³/mol. The Balaban J connectivity index is 1.86. The van der Waals surface area contributed by atoms with Gasteiger partial charge in [-0.25, -0.2) is 5.43 Å². The maximum Gasteiger partial charge on any atom is 0.259 e. The van der Waals surface area contributed by atoms with Gasteiger partial charge in [0.1, 0.15) is 11.5 Å². The monoisotopic (exact) mass is 327 g/mol. The van der Waals surface area contributed by atoms with Gasteiger partial charge in [0, 0.05) is 17.3 Å². The van der Waals surface area contributed by atoms with Crippen molar-refractivity contribution in [1.82, 2.24) is 5.43 Å². The zero-order chi connectivity index (χ0) is 17.4. The maximum absolute atomic E-state index is 11.8. The van der Waals surface area contributed by atoms with Crippen LogP contribution < -0.4 is 20.2 Å². The van der Waals surface area contributed by atoms with Crippen molar-refractivity contribution in [2.75, 3.05) is 26.1 Å². The Morgan fingerprint density at radius 2 is 1.88 bits per heavy atom. The number of nitrogens with zero attached hydrogens (tertiary/aromatic N) is 1. The van der Waals surface area contributed by atoms with E-state index in [-0.39, 0.29) is 12.5 Å². The summed E-state index contributed by atoms with van der Waals surface area (Å²) in [6, 6.07) is 13.2. The van der Waals surface area contributed by atoms with Gasteiger partial charge in [-0.05, 0) is 31.2 Å². The summed E-state index contributed by atoms with van der Waals surface area (Å²) < 4.78 is 10.4. The van der Waals surface area contributed by atoms with Crippen LogP contribution in [0.5, 0.6) is 11.5 Å². The van der Waals surface area contributed by atoms with E-state index in [1.54, 1.807) is 32.4 Å². The zero-order valence-electron chi connectivity index (χ0n) is 14.0. The summed E-state index contributed by atoms with van der Waals surface area (Å²) in [5, 5.41) is 6.98. The molecule has 2 aromatic carbocycles. The van der Waals surface area contributed by atoms with E-state index < -0.39 is 0 Å². The molecule has 0 aliphatic heterocycles. The number of carbonyl (C=O) groups excluding carboxylic acids is 1. The highest BCUT2D eigenvalue weighted by Crippen LogP contribution is 2.22. The largest absolute Gasteiger partial charge is 0.497 e. The van der Waals surface area contributed by atoms with Crippen LogP contribution in [0.1, 0.15) is 11.1 Å². The minimum Gasteiger partial charge on any atom is -0.497 e. The first kappa shape index (κ1) is 17.3. The summed E-state index contributed by atoms with van der Waals surface area (Å²) in [6.07, 6.45) is 1.53. The van der Waals surface area contributed by atoms with Crippen LogP contribution in [0.15, 0.2) is 47.6 Å². The minimum atomic E-state index is -0.237. The summed E-state index contributed by atoms with van der Waals surface area (Å²) in [7, 11) is 3.15. The molecule has 0 saturated heterocycles. The van der Waals surface area contributed by atoms with Gasteiger partial charge in [0.2, 0.25) is 0 Å². The first-order valence-corrected chi connectivity index (χ1v) is 7.47. The van der Waals surface area contributed by atoms with Crippen LogP contribution in [0.25, 0.3) is 0 Å². The number of amides is 1. The van der Waals surface area contributed by atoms with Crippen molar-refractivity contribution < 1.29 is 14.3 Å². The Hall–Kier alpha value is -3.02. The van der Waals surface area contributed by atoms with Crippen molar-refractivity contribution in [2.45, 2.75) is 6.92 Å². The lowest BCUT2D eigenvalue weighted by Gasteiger charge is -2.07.